The Morgan fingerprint density at radius 2 is 1.60 bits per heavy atom. The van der Waals surface area contributed by atoms with Crippen molar-refractivity contribution in [3.8, 4) is 23.0 Å². The Morgan fingerprint density at radius 1 is 0.840 bits per heavy atom. The van der Waals surface area contributed by atoms with Gasteiger partial charge < -0.3 is 4.74 Å². The number of ether oxygens (including phenoxy) is 1. The predicted octanol–water partition coefficient (Wildman–Crippen LogP) is 5.05. The maximum absolute atomic E-state index is 6.21. The average Bonchev–Trinajstić information content (AvgIpc) is 2.69. The molecule has 4 nitrogen and oxygen atoms in total. The van der Waals surface area contributed by atoms with Gasteiger partial charge in [0.25, 0.3) is 0 Å². The first kappa shape index (κ1) is 15.3. The standard InChI is InChI=1S/C21H17N3O/c1-2-15-7-3-6-10-19(15)25-21-17-8-4-5-9-18(17)23-20(24-21)16-11-13-22-14-12-16/h3-14H,2H2,1H3. The Hall–Kier alpha value is -3.27. The van der Waals surface area contributed by atoms with Gasteiger partial charge in [0.15, 0.2) is 5.82 Å². The smallest absolute Gasteiger partial charge is 0.230 e. The van der Waals surface area contributed by atoms with Crippen LogP contribution in [0, 0.1) is 0 Å². The summed E-state index contributed by atoms with van der Waals surface area (Å²) in [6.07, 6.45) is 4.37. The van der Waals surface area contributed by atoms with Crippen molar-refractivity contribution in [1.82, 2.24) is 15.0 Å². The van der Waals surface area contributed by atoms with E-state index in [4.69, 9.17) is 4.74 Å². The molecule has 0 amide bonds. The third-order valence-corrected chi connectivity index (χ3v) is 4.07. The van der Waals surface area contributed by atoms with Crippen molar-refractivity contribution in [2.75, 3.05) is 0 Å². The summed E-state index contributed by atoms with van der Waals surface area (Å²) < 4.78 is 6.21. The van der Waals surface area contributed by atoms with Crippen LogP contribution in [0.15, 0.2) is 73.1 Å². The van der Waals surface area contributed by atoms with E-state index in [0.29, 0.717) is 11.7 Å². The SMILES string of the molecule is CCc1ccccc1Oc1nc(-c2ccncc2)nc2ccccc12. The zero-order valence-corrected chi connectivity index (χ0v) is 13.9. The number of rotatable bonds is 4. The number of aromatic nitrogens is 3. The van der Waals surface area contributed by atoms with Gasteiger partial charge in [0.1, 0.15) is 5.75 Å². The molecule has 2 aromatic heterocycles. The van der Waals surface area contributed by atoms with E-state index in [-0.39, 0.29) is 0 Å². The maximum Gasteiger partial charge on any atom is 0.230 e. The van der Waals surface area contributed by atoms with E-state index in [1.807, 2.05) is 54.6 Å². The van der Waals surface area contributed by atoms with Gasteiger partial charge in [-0.05, 0) is 42.3 Å². The molecule has 0 spiro atoms. The van der Waals surface area contributed by atoms with Gasteiger partial charge in [-0.25, -0.2) is 4.98 Å². The lowest BCUT2D eigenvalue weighted by atomic mass is 10.1. The predicted molar refractivity (Wildman–Crippen MR) is 98.7 cm³/mol. The lowest BCUT2D eigenvalue weighted by molar-refractivity contribution is 0.463. The minimum Gasteiger partial charge on any atom is -0.438 e. The van der Waals surface area contributed by atoms with Crippen molar-refractivity contribution in [2.24, 2.45) is 0 Å². The number of pyridine rings is 1. The van der Waals surface area contributed by atoms with Crippen LogP contribution in [0.4, 0.5) is 0 Å². The Bertz CT molecular complexity index is 1020. The highest BCUT2D eigenvalue weighted by Crippen LogP contribution is 2.31. The van der Waals surface area contributed by atoms with Crippen LogP contribution < -0.4 is 4.74 Å². The van der Waals surface area contributed by atoms with Crippen molar-refractivity contribution < 1.29 is 4.74 Å². The topological polar surface area (TPSA) is 47.9 Å². The van der Waals surface area contributed by atoms with E-state index in [2.05, 4.69) is 27.9 Å². The molecule has 0 aliphatic heterocycles. The van der Waals surface area contributed by atoms with Gasteiger partial charge >= 0.3 is 0 Å². The normalized spacial score (nSPS) is 10.8. The second-order valence-corrected chi connectivity index (χ2v) is 5.67. The molecule has 4 heteroatoms. The summed E-state index contributed by atoms with van der Waals surface area (Å²) in [5.41, 5.74) is 2.92. The van der Waals surface area contributed by atoms with E-state index in [1.165, 1.54) is 0 Å². The van der Waals surface area contributed by atoms with Crippen molar-refractivity contribution in [3.05, 3.63) is 78.6 Å². The van der Waals surface area contributed by atoms with E-state index >= 15 is 0 Å². The van der Waals surface area contributed by atoms with Crippen LogP contribution in [-0.2, 0) is 6.42 Å². The molecular weight excluding hydrogens is 310 g/mol. The number of para-hydroxylation sites is 2. The first-order chi connectivity index (χ1) is 12.3. The van der Waals surface area contributed by atoms with Crippen LogP contribution >= 0.6 is 0 Å². The molecule has 0 N–H and O–H groups in total. The molecular formula is C21H17N3O. The summed E-state index contributed by atoms with van der Waals surface area (Å²) in [6.45, 7) is 2.11. The molecule has 0 saturated carbocycles. The molecule has 0 saturated heterocycles. The fourth-order valence-electron chi connectivity index (χ4n) is 2.76. The second-order valence-electron chi connectivity index (χ2n) is 5.67. The Morgan fingerprint density at radius 3 is 2.44 bits per heavy atom. The van der Waals surface area contributed by atoms with Crippen LogP contribution in [-0.4, -0.2) is 15.0 Å². The maximum atomic E-state index is 6.21. The summed E-state index contributed by atoms with van der Waals surface area (Å²) in [5, 5.41) is 0.895. The monoisotopic (exact) mass is 327 g/mol. The molecule has 2 aromatic carbocycles. The highest BCUT2D eigenvalue weighted by molar-refractivity contribution is 5.85. The number of aryl methyl sites for hydroxylation is 1. The number of fused-ring (bicyclic) bond motifs is 1. The fraction of sp³-hybridized carbons (Fsp3) is 0.0952. The van der Waals surface area contributed by atoms with Crippen molar-refractivity contribution in [1.29, 1.82) is 0 Å². The van der Waals surface area contributed by atoms with Crippen LogP contribution in [0.5, 0.6) is 11.6 Å². The molecule has 25 heavy (non-hydrogen) atoms. The molecule has 4 aromatic rings. The molecule has 0 atom stereocenters. The number of benzene rings is 2. The lowest BCUT2D eigenvalue weighted by Gasteiger charge is -2.12. The van der Waals surface area contributed by atoms with Crippen LogP contribution in [0.2, 0.25) is 0 Å². The van der Waals surface area contributed by atoms with Crippen molar-refractivity contribution >= 4 is 10.9 Å². The quantitative estimate of drug-likeness (QED) is 0.526. The third-order valence-electron chi connectivity index (χ3n) is 4.07. The van der Waals surface area contributed by atoms with Gasteiger partial charge in [-0.3, -0.25) is 4.98 Å². The van der Waals surface area contributed by atoms with Gasteiger partial charge in [-0.15, -0.1) is 0 Å². The van der Waals surface area contributed by atoms with Gasteiger partial charge in [0, 0.05) is 18.0 Å². The first-order valence-corrected chi connectivity index (χ1v) is 8.28. The fourth-order valence-corrected chi connectivity index (χ4v) is 2.76. The molecule has 0 bridgehead atoms. The molecule has 0 aliphatic carbocycles. The molecule has 122 valence electrons. The van der Waals surface area contributed by atoms with Crippen molar-refractivity contribution in [3.63, 3.8) is 0 Å². The lowest BCUT2D eigenvalue weighted by Crippen LogP contribution is -1.97. The minimum absolute atomic E-state index is 0.568. The van der Waals surface area contributed by atoms with Crippen LogP contribution in [0.3, 0.4) is 0 Å². The largest absolute Gasteiger partial charge is 0.438 e. The molecule has 4 rings (SSSR count). The van der Waals surface area contributed by atoms with E-state index in [0.717, 1.165) is 34.2 Å². The summed E-state index contributed by atoms with van der Waals surface area (Å²) in [6, 6.07) is 19.7. The molecule has 0 unspecified atom stereocenters. The Labute approximate surface area is 146 Å². The van der Waals surface area contributed by atoms with Crippen LogP contribution in [0.25, 0.3) is 22.3 Å². The van der Waals surface area contributed by atoms with E-state index < -0.39 is 0 Å². The minimum atomic E-state index is 0.568. The Kier molecular flexibility index (Phi) is 4.09. The Balaban J connectivity index is 1.87. The van der Waals surface area contributed by atoms with Gasteiger partial charge in [0.05, 0.1) is 10.9 Å². The first-order valence-electron chi connectivity index (χ1n) is 8.28. The number of hydrogen-bond acceptors (Lipinski definition) is 4. The van der Waals surface area contributed by atoms with Gasteiger partial charge in [0.2, 0.25) is 5.88 Å². The molecule has 2 heterocycles. The molecule has 0 fully saturated rings. The van der Waals surface area contributed by atoms with Crippen LogP contribution in [0.1, 0.15) is 12.5 Å². The highest BCUT2D eigenvalue weighted by atomic mass is 16.5. The summed E-state index contributed by atoms with van der Waals surface area (Å²) >= 11 is 0. The average molecular weight is 327 g/mol. The number of nitrogens with zero attached hydrogens (tertiary/aromatic N) is 3. The van der Waals surface area contributed by atoms with Gasteiger partial charge in [-0.1, -0.05) is 37.3 Å². The molecule has 0 aliphatic rings. The highest BCUT2D eigenvalue weighted by Gasteiger charge is 2.12. The third kappa shape index (κ3) is 3.06. The summed E-state index contributed by atoms with van der Waals surface area (Å²) in [5.74, 6) is 2.03. The summed E-state index contributed by atoms with van der Waals surface area (Å²) in [4.78, 5) is 13.4. The zero-order valence-electron chi connectivity index (χ0n) is 13.9. The van der Waals surface area contributed by atoms with Gasteiger partial charge in [-0.2, -0.15) is 4.98 Å². The van der Waals surface area contributed by atoms with E-state index in [1.54, 1.807) is 12.4 Å². The molecule has 0 radical (unpaired) electrons. The zero-order chi connectivity index (χ0) is 17.1. The number of hydrogen-bond donors (Lipinski definition) is 0. The van der Waals surface area contributed by atoms with Crippen molar-refractivity contribution in [2.45, 2.75) is 13.3 Å². The summed E-state index contributed by atoms with van der Waals surface area (Å²) in [7, 11) is 0. The van der Waals surface area contributed by atoms with E-state index in [9.17, 15) is 0 Å². The second kappa shape index (κ2) is 6.69.